The van der Waals surface area contributed by atoms with Crippen LogP contribution in [0.25, 0.3) is 0 Å². The smallest absolute Gasteiger partial charge is 0.253 e. The van der Waals surface area contributed by atoms with Crippen molar-refractivity contribution in [1.29, 1.82) is 0 Å². The first-order chi connectivity index (χ1) is 16.5. The molecule has 0 bridgehead atoms. The summed E-state index contributed by atoms with van der Waals surface area (Å²) in [5.41, 5.74) is 4.06. The van der Waals surface area contributed by atoms with Crippen molar-refractivity contribution in [2.75, 3.05) is 19.6 Å². The molecule has 2 aromatic carbocycles. The van der Waals surface area contributed by atoms with Crippen LogP contribution in [0.3, 0.4) is 0 Å². The summed E-state index contributed by atoms with van der Waals surface area (Å²) in [5, 5.41) is 3.05. The van der Waals surface area contributed by atoms with E-state index in [1.165, 1.54) is 29.8 Å². The standard InChI is InChI=1S/C28H30FN3O2/c1-20-9-14-25(27(33)30-17-5-8-21-6-3-2-4-7-21)26(31-20)22-15-18-32(19-16-22)28(34)23-10-12-24(29)13-11-23/h2-4,6-7,9-14,22H,5,8,15-19H2,1H3,(H,30,33). The molecule has 4 rings (SSSR count). The minimum Gasteiger partial charge on any atom is -0.352 e. The second kappa shape index (κ2) is 11.1. The molecule has 1 N–H and O–H groups in total. The van der Waals surface area contributed by atoms with Crippen molar-refractivity contribution in [3.05, 3.63) is 101 Å². The number of amides is 2. The Kier molecular flexibility index (Phi) is 7.68. The Morgan fingerprint density at radius 2 is 1.71 bits per heavy atom. The quantitative estimate of drug-likeness (QED) is 0.511. The molecule has 2 amide bonds. The number of carbonyl (C=O) groups is 2. The van der Waals surface area contributed by atoms with E-state index in [1.807, 2.05) is 37.3 Å². The van der Waals surface area contributed by atoms with E-state index in [1.54, 1.807) is 4.90 Å². The second-order valence-corrected chi connectivity index (χ2v) is 8.80. The van der Waals surface area contributed by atoms with Crippen molar-refractivity contribution in [3.8, 4) is 0 Å². The van der Waals surface area contributed by atoms with Crippen LogP contribution >= 0.6 is 0 Å². The van der Waals surface area contributed by atoms with Crippen molar-refractivity contribution >= 4 is 11.8 Å². The number of nitrogens with zero attached hydrogens (tertiary/aromatic N) is 2. The van der Waals surface area contributed by atoms with Crippen LogP contribution in [-0.2, 0) is 6.42 Å². The number of nitrogens with one attached hydrogen (secondary N) is 1. The Morgan fingerprint density at radius 1 is 1.00 bits per heavy atom. The summed E-state index contributed by atoms with van der Waals surface area (Å²) < 4.78 is 13.2. The fourth-order valence-electron chi connectivity index (χ4n) is 4.45. The fourth-order valence-corrected chi connectivity index (χ4v) is 4.45. The summed E-state index contributed by atoms with van der Waals surface area (Å²) in [5.74, 6) is -0.429. The summed E-state index contributed by atoms with van der Waals surface area (Å²) in [7, 11) is 0. The molecule has 1 saturated heterocycles. The monoisotopic (exact) mass is 459 g/mol. The van der Waals surface area contributed by atoms with Gasteiger partial charge >= 0.3 is 0 Å². The lowest BCUT2D eigenvalue weighted by Gasteiger charge is -2.32. The number of benzene rings is 2. The lowest BCUT2D eigenvalue weighted by Crippen LogP contribution is -2.38. The number of carbonyl (C=O) groups excluding carboxylic acids is 2. The molecule has 0 spiro atoms. The van der Waals surface area contributed by atoms with E-state index in [0.717, 1.165) is 37.1 Å². The topological polar surface area (TPSA) is 62.3 Å². The first-order valence-electron chi connectivity index (χ1n) is 11.9. The molecule has 1 fully saturated rings. The number of pyridine rings is 1. The van der Waals surface area contributed by atoms with Gasteiger partial charge in [0.15, 0.2) is 0 Å². The number of aromatic nitrogens is 1. The maximum atomic E-state index is 13.2. The molecule has 0 aliphatic carbocycles. The zero-order valence-electron chi connectivity index (χ0n) is 19.5. The molecule has 1 aliphatic rings. The van der Waals surface area contributed by atoms with Crippen molar-refractivity contribution in [1.82, 2.24) is 15.2 Å². The molecule has 0 saturated carbocycles. The molecule has 1 aliphatic heterocycles. The number of rotatable bonds is 7. The van der Waals surface area contributed by atoms with E-state index in [4.69, 9.17) is 4.98 Å². The van der Waals surface area contributed by atoms with Crippen molar-refractivity contribution in [3.63, 3.8) is 0 Å². The molecule has 3 aromatic rings. The van der Waals surface area contributed by atoms with Crippen LogP contribution in [-0.4, -0.2) is 41.3 Å². The Hall–Kier alpha value is -3.54. The highest BCUT2D eigenvalue weighted by Crippen LogP contribution is 2.30. The van der Waals surface area contributed by atoms with Crippen LogP contribution in [0.4, 0.5) is 4.39 Å². The zero-order valence-corrected chi connectivity index (χ0v) is 19.5. The third-order valence-electron chi connectivity index (χ3n) is 6.34. The molecule has 0 atom stereocenters. The molecule has 5 nitrogen and oxygen atoms in total. The summed E-state index contributed by atoms with van der Waals surface area (Å²) >= 11 is 0. The average Bonchev–Trinajstić information content (AvgIpc) is 2.87. The highest BCUT2D eigenvalue weighted by atomic mass is 19.1. The maximum absolute atomic E-state index is 13.2. The lowest BCUT2D eigenvalue weighted by molar-refractivity contribution is 0.0710. The van der Waals surface area contributed by atoms with Gasteiger partial charge in [0.25, 0.3) is 11.8 Å². The predicted molar refractivity (Wildman–Crippen MR) is 130 cm³/mol. The van der Waals surface area contributed by atoms with Gasteiger partial charge in [0.05, 0.1) is 11.3 Å². The lowest BCUT2D eigenvalue weighted by atomic mass is 9.89. The summed E-state index contributed by atoms with van der Waals surface area (Å²) in [6, 6.07) is 19.6. The van der Waals surface area contributed by atoms with Crippen molar-refractivity contribution in [2.45, 2.75) is 38.5 Å². The van der Waals surface area contributed by atoms with E-state index in [0.29, 0.717) is 30.8 Å². The first kappa shape index (κ1) is 23.6. The number of hydrogen-bond donors (Lipinski definition) is 1. The van der Waals surface area contributed by atoms with E-state index in [-0.39, 0.29) is 23.5 Å². The normalized spacial score (nSPS) is 14.1. The minimum atomic E-state index is -0.355. The third-order valence-corrected chi connectivity index (χ3v) is 6.34. The Labute approximate surface area is 200 Å². The zero-order chi connectivity index (χ0) is 23.9. The highest BCUT2D eigenvalue weighted by Gasteiger charge is 2.28. The minimum absolute atomic E-state index is 0.0907. The van der Waals surface area contributed by atoms with E-state index in [9.17, 15) is 14.0 Å². The molecule has 2 heterocycles. The number of piperidine rings is 1. The van der Waals surface area contributed by atoms with Crippen molar-refractivity contribution in [2.24, 2.45) is 0 Å². The first-order valence-corrected chi connectivity index (χ1v) is 11.9. The summed E-state index contributed by atoms with van der Waals surface area (Å²) in [4.78, 5) is 32.2. The molecule has 176 valence electrons. The van der Waals surface area contributed by atoms with E-state index < -0.39 is 0 Å². The van der Waals surface area contributed by atoms with Gasteiger partial charge in [-0.1, -0.05) is 30.3 Å². The van der Waals surface area contributed by atoms with Gasteiger partial charge in [-0.15, -0.1) is 0 Å². The van der Waals surface area contributed by atoms with Gasteiger partial charge in [-0.2, -0.15) is 0 Å². The number of hydrogen-bond acceptors (Lipinski definition) is 3. The van der Waals surface area contributed by atoms with Crippen LogP contribution < -0.4 is 5.32 Å². The fraction of sp³-hybridized carbons (Fsp3) is 0.321. The highest BCUT2D eigenvalue weighted by molar-refractivity contribution is 5.95. The number of likely N-dealkylation sites (tertiary alicyclic amines) is 1. The molecule has 6 heteroatoms. The van der Waals surface area contributed by atoms with Gasteiger partial charge in [0, 0.05) is 36.8 Å². The Morgan fingerprint density at radius 3 is 2.41 bits per heavy atom. The van der Waals surface area contributed by atoms with Gasteiger partial charge in [-0.3, -0.25) is 14.6 Å². The van der Waals surface area contributed by atoms with Gasteiger partial charge in [-0.25, -0.2) is 4.39 Å². The van der Waals surface area contributed by atoms with Crippen LogP contribution in [0.5, 0.6) is 0 Å². The predicted octanol–water partition coefficient (Wildman–Crippen LogP) is 4.91. The van der Waals surface area contributed by atoms with Crippen molar-refractivity contribution < 1.29 is 14.0 Å². The molecular weight excluding hydrogens is 429 g/mol. The second-order valence-electron chi connectivity index (χ2n) is 8.80. The molecule has 0 radical (unpaired) electrons. The Balaban J connectivity index is 1.35. The van der Waals surface area contributed by atoms with E-state index >= 15 is 0 Å². The molecule has 1 aromatic heterocycles. The van der Waals surface area contributed by atoms with Crippen LogP contribution in [0.15, 0.2) is 66.7 Å². The molecular formula is C28H30FN3O2. The SMILES string of the molecule is Cc1ccc(C(=O)NCCCc2ccccc2)c(C2CCN(C(=O)c3ccc(F)cc3)CC2)n1. The largest absolute Gasteiger partial charge is 0.352 e. The van der Waals surface area contributed by atoms with E-state index in [2.05, 4.69) is 17.4 Å². The Bertz CT molecular complexity index is 1120. The van der Waals surface area contributed by atoms with Crippen LogP contribution in [0.1, 0.15) is 62.8 Å². The van der Waals surface area contributed by atoms with Gasteiger partial charge in [0.1, 0.15) is 5.82 Å². The van der Waals surface area contributed by atoms with Crippen LogP contribution in [0, 0.1) is 12.7 Å². The van der Waals surface area contributed by atoms with Gasteiger partial charge in [-0.05, 0) is 74.6 Å². The van der Waals surface area contributed by atoms with Gasteiger partial charge in [0.2, 0.25) is 0 Å². The van der Waals surface area contributed by atoms with Gasteiger partial charge < -0.3 is 10.2 Å². The summed E-state index contributed by atoms with van der Waals surface area (Å²) in [6.45, 7) is 3.69. The number of aryl methyl sites for hydroxylation is 2. The number of halogens is 1. The van der Waals surface area contributed by atoms with Crippen LogP contribution in [0.2, 0.25) is 0 Å². The maximum Gasteiger partial charge on any atom is 0.253 e. The molecule has 34 heavy (non-hydrogen) atoms. The third kappa shape index (κ3) is 5.87. The summed E-state index contributed by atoms with van der Waals surface area (Å²) in [6.07, 6.45) is 3.25. The molecule has 0 unspecified atom stereocenters. The average molecular weight is 460 g/mol.